The molecule has 2 N–H and O–H groups in total. The third kappa shape index (κ3) is 1.13. The number of phenols is 1. The normalized spacial score (nSPS) is 20.2. The van der Waals surface area contributed by atoms with E-state index in [0.29, 0.717) is 11.8 Å². The first-order chi connectivity index (χ1) is 5.79. The molecule has 1 aromatic carbocycles. The molecule has 1 aliphatic rings. The van der Waals surface area contributed by atoms with E-state index >= 15 is 0 Å². The summed E-state index contributed by atoms with van der Waals surface area (Å²) in [6.07, 6.45) is 2.18. The number of hydrogen-bond donors (Lipinski definition) is 2. The second-order valence-electron chi connectivity index (χ2n) is 3.30. The van der Waals surface area contributed by atoms with E-state index in [4.69, 9.17) is 0 Å². The van der Waals surface area contributed by atoms with Gasteiger partial charge in [0.2, 0.25) is 0 Å². The molecule has 0 fully saturated rings. The van der Waals surface area contributed by atoms with E-state index in [-0.39, 0.29) is 0 Å². The Labute approximate surface area is 72.2 Å². The lowest BCUT2D eigenvalue weighted by Gasteiger charge is -2.05. The summed E-state index contributed by atoms with van der Waals surface area (Å²) in [5.74, 6) is 0.368. The van der Waals surface area contributed by atoms with Gasteiger partial charge in [0.25, 0.3) is 0 Å². The minimum atomic E-state index is 0.368. The highest BCUT2D eigenvalue weighted by molar-refractivity contribution is 5.58. The van der Waals surface area contributed by atoms with Gasteiger partial charge < -0.3 is 10.4 Å². The molecule has 0 saturated carbocycles. The molecule has 2 rings (SSSR count). The van der Waals surface area contributed by atoms with Gasteiger partial charge in [-0.15, -0.1) is 0 Å². The summed E-state index contributed by atoms with van der Waals surface area (Å²) in [4.78, 5) is 0. The molecule has 12 heavy (non-hydrogen) atoms. The molecule has 0 bridgehead atoms. The van der Waals surface area contributed by atoms with Crippen molar-refractivity contribution >= 4 is 5.69 Å². The average molecular weight is 163 g/mol. The fourth-order valence-corrected chi connectivity index (χ4v) is 1.67. The average Bonchev–Trinajstić information content (AvgIpc) is 2.46. The number of fused-ring (bicyclic) bond motifs is 1. The summed E-state index contributed by atoms with van der Waals surface area (Å²) in [5.41, 5.74) is 2.42. The number of rotatable bonds is 1. The maximum atomic E-state index is 9.23. The van der Waals surface area contributed by atoms with Crippen molar-refractivity contribution in [2.24, 2.45) is 0 Å². The van der Waals surface area contributed by atoms with Crippen molar-refractivity contribution in [2.75, 3.05) is 5.32 Å². The third-order valence-corrected chi connectivity index (χ3v) is 2.41. The Hall–Kier alpha value is -1.18. The molecule has 0 aliphatic carbocycles. The smallest absolute Gasteiger partial charge is 0.116 e. The summed E-state index contributed by atoms with van der Waals surface area (Å²) >= 11 is 0. The van der Waals surface area contributed by atoms with Crippen LogP contribution in [0.25, 0.3) is 0 Å². The summed E-state index contributed by atoms with van der Waals surface area (Å²) in [7, 11) is 0. The minimum Gasteiger partial charge on any atom is -0.508 e. The van der Waals surface area contributed by atoms with E-state index < -0.39 is 0 Å². The lowest BCUT2D eigenvalue weighted by Crippen LogP contribution is -2.12. The van der Waals surface area contributed by atoms with E-state index in [1.807, 2.05) is 12.1 Å². The van der Waals surface area contributed by atoms with Crippen LogP contribution in [0.5, 0.6) is 5.75 Å². The summed E-state index contributed by atoms with van der Waals surface area (Å²) in [6.45, 7) is 2.17. The van der Waals surface area contributed by atoms with Gasteiger partial charge >= 0.3 is 0 Å². The Bertz CT molecular complexity index is 296. The summed E-state index contributed by atoms with van der Waals surface area (Å²) < 4.78 is 0. The fraction of sp³-hybridized carbons (Fsp3) is 0.400. The van der Waals surface area contributed by atoms with Crippen molar-refractivity contribution < 1.29 is 5.11 Å². The molecule has 0 spiro atoms. The van der Waals surface area contributed by atoms with E-state index in [1.54, 1.807) is 6.07 Å². The number of aromatic hydroxyl groups is 1. The van der Waals surface area contributed by atoms with Gasteiger partial charge in [-0.2, -0.15) is 0 Å². The van der Waals surface area contributed by atoms with Gasteiger partial charge in [-0.3, -0.25) is 0 Å². The largest absolute Gasteiger partial charge is 0.508 e. The highest BCUT2D eigenvalue weighted by Gasteiger charge is 2.18. The van der Waals surface area contributed by atoms with Crippen LogP contribution in [0.4, 0.5) is 5.69 Å². The first kappa shape index (κ1) is 7.47. The highest BCUT2D eigenvalue weighted by Crippen LogP contribution is 2.29. The van der Waals surface area contributed by atoms with Crippen molar-refractivity contribution in [3.8, 4) is 5.75 Å². The molecular weight excluding hydrogens is 150 g/mol. The Morgan fingerprint density at radius 1 is 1.58 bits per heavy atom. The van der Waals surface area contributed by atoms with E-state index in [2.05, 4.69) is 12.2 Å². The van der Waals surface area contributed by atoms with E-state index in [0.717, 1.165) is 12.8 Å². The van der Waals surface area contributed by atoms with Crippen LogP contribution in [0, 0.1) is 0 Å². The molecule has 0 aromatic heterocycles. The zero-order valence-corrected chi connectivity index (χ0v) is 7.17. The van der Waals surface area contributed by atoms with Crippen LogP contribution in [0.2, 0.25) is 0 Å². The number of anilines is 1. The van der Waals surface area contributed by atoms with Gasteiger partial charge in [-0.05, 0) is 36.6 Å². The van der Waals surface area contributed by atoms with Gasteiger partial charge in [0.15, 0.2) is 0 Å². The third-order valence-electron chi connectivity index (χ3n) is 2.41. The lowest BCUT2D eigenvalue weighted by atomic mass is 10.1. The van der Waals surface area contributed by atoms with Crippen molar-refractivity contribution in [1.29, 1.82) is 0 Å². The van der Waals surface area contributed by atoms with Crippen LogP contribution in [0.15, 0.2) is 18.2 Å². The van der Waals surface area contributed by atoms with E-state index in [9.17, 15) is 5.11 Å². The van der Waals surface area contributed by atoms with Crippen LogP contribution in [0.3, 0.4) is 0 Å². The summed E-state index contributed by atoms with van der Waals surface area (Å²) in [5, 5.41) is 12.6. The number of hydrogen-bond acceptors (Lipinski definition) is 2. The van der Waals surface area contributed by atoms with Crippen molar-refractivity contribution in [1.82, 2.24) is 0 Å². The maximum absolute atomic E-state index is 9.23. The molecule has 1 aliphatic heterocycles. The molecule has 0 radical (unpaired) electrons. The van der Waals surface area contributed by atoms with Crippen LogP contribution < -0.4 is 5.32 Å². The Morgan fingerprint density at radius 2 is 2.42 bits per heavy atom. The number of benzene rings is 1. The lowest BCUT2D eigenvalue weighted by molar-refractivity contribution is 0.475. The predicted molar refractivity (Wildman–Crippen MR) is 49.5 cm³/mol. The molecular formula is C10H13NO. The summed E-state index contributed by atoms with van der Waals surface area (Å²) in [6, 6.07) is 6.07. The standard InChI is InChI=1S/C10H13NO/c1-2-8-5-7-6-9(12)3-4-10(7)11-8/h3-4,6,8,11-12H,2,5H2,1H3. The van der Waals surface area contributed by atoms with Gasteiger partial charge in [0, 0.05) is 11.7 Å². The fourth-order valence-electron chi connectivity index (χ4n) is 1.67. The molecule has 1 aromatic rings. The molecule has 64 valence electrons. The second kappa shape index (κ2) is 2.70. The van der Waals surface area contributed by atoms with Crippen molar-refractivity contribution in [3.05, 3.63) is 23.8 Å². The highest BCUT2D eigenvalue weighted by atomic mass is 16.3. The van der Waals surface area contributed by atoms with Crippen LogP contribution >= 0.6 is 0 Å². The monoisotopic (exact) mass is 163 g/mol. The Morgan fingerprint density at radius 3 is 3.17 bits per heavy atom. The maximum Gasteiger partial charge on any atom is 0.116 e. The first-order valence-corrected chi connectivity index (χ1v) is 4.38. The zero-order valence-electron chi connectivity index (χ0n) is 7.17. The predicted octanol–water partition coefficient (Wildman–Crippen LogP) is 2.14. The molecule has 1 unspecified atom stereocenters. The SMILES string of the molecule is CCC1Cc2cc(O)ccc2N1. The quantitative estimate of drug-likeness (QED) is 0.622. The number of phenolic OH excluding ortho intramolecular Hbond substituents is 1. The Kier molecular flexibility index (Phi) is 1.68. The van der Waals surface area contributed by atoms with Gasteiger partial charge in [0.05, 0.1) is 0 Å². The van der Waals surface area contributed by atoms with Crippen LogP contribution in [-0.2, 0) is 6.42 Å². The van der Waals surface area contributed by atoms with E-state index in [1.165, 1.54) is 11.3 Å². The molecule has 1 heterocycles. The topological polar surface area (TPSA) is 32.3 Å². The zero-order chi connectivity index (χ0) is 8.55. The van der Waals surface area contributed by atoms with Crippen LogP contribution in [0.1, 0.15) is 18.9 Å². The van der Waals surface area contributed by atoms with Crippen LogP contribution in [-0.4, -0.2) is 11.1 Å². The van der Waals surface area contributed by atoms with Gasteiger partial charge in [-0.25, -0.2) is 0 Å². The van der Waals surface area contributed by atoms with Gasteiger partial charge in [-0.1, -0.05) is 6.92 Å². The molecule has 2 heteroatoms. The van der Waals surface area contributed by atoms with Crippen molar-refractivity contribution in [2.45, 2.75) is 25.8 Å². The second-order valence-corrected chi connectivity index (χ2v) is 3.30. The number of nitrogens with one attached hydrogen (secondary N) is 1. The van der Waals surface area contributed by atoms with Crippen molar-refractivity contribution in [3.63, 3.8) is 0 Å². The molecule has 1 atom stereocenters. The minimum absolute atomic E-state index is 0.368. The van der Waals surface area contributed by atoms with Gasteiger partial charge in [0.1, 0.15) is 5.75 Å². The molecule has 2 nitrogen and oxygen atoms in total. The Balaban J connectivity index is 2.30. The molecule has 0 saturated heterocycles. The first-order valence-electron chi connectivity index (χ1n) is 4.38. The molecule has 0 amide bonds.